The van der Waals surface area contributed by atoms with Gasteiger partial charge in [-0.2, -0.15) is 0 Å². The third-order valence-electron chi connectivity index (χ3n) is 7.52. The van der Waals surface area contributed by atoms with Crippen LogP contribution in [0.25, 0.3) is 0 Å². The van der Waals surface area contributed by atoms with E-state index in [9.17, 15) is 19.8 Å². The van der Waals surface area contributed by atoms with Crippen molar-refractivity contribution in [2.24, 2.45) is 11.3 Å². The Balaban J connectivity index is 1.63. The number of Topliss-reactive ketones (excluding diaryl/α,β-unsaturated/α-hetero) is 1. The number of rotatable bonds is 11. The van der Waals surface area contributed by atoms with Crippen LogP contribution in [0.15, 0.2) is 36.4 Å². The fourth-order valence-electron chi connectivity index (χ4n) is 5.56. The van der Waals surface area contributed by atoms with E-state index in [-0.39, 0.29) is 35.4 Å². The first-order chi connectivity index (χ1) is 15.4. The highest BCUT2D eigenvalue weighted by atomic mass is 16.5. The molecule has 2 saturated carbocycles. The highest BCUT2D eigenvalue weighted by Crippen LogP contribution is 2.53. The van der Waals surface area contributed by atoms with E-state index >= 15 is 0 Å². The lowest BCUT2D eigenvalue weighted by Crippen LogP contribution is -2.36. The molecular formula is C27H38O5. The molecular weight excluding hydrogens is 404 g/mol. The Morgan fingerprint density at radius 1 is 1.25 bits per heavy atom. The maximum Gasteiger partial charge on any atom is 0.305 e. The van der Waals surface area contributed by atoms with Crippen molar-refractivity contribution in [2.45, 2.75) is 89.3 Å². The SMILES string of the molecule is CCCC1(C(O)c2ccc(C3C(O)CC(=O)C3C/C=C/CCCC(=O)OC)cc2)CCC1. The van der Waals surface area contributed by atoms with Crippen LogP contribution in [0.1, 0.15) is 94.3 Å². The monoisotopic (exact) mass is 442 g/mol. The number of aliphatic hydroxyl groups excluding tert-OH is 2. The third kappa shape index (κ3) is 5.49. The summed E-state index contributed by atoms with van der Waals surface area (Å²) in [4.78, 5) is 23.7. The molecule has 0 aliphatic heterocycles. The van der Waals surface area contributed by atoms with Gasteiger partial charge in [0.05, 0.1) is 19.3 Å². The molecule has 0 saturated heterocycles. The molecule has 2 fully saturated rings. The molecule has 3 rings (SSSR count). The van der Waals surface area contributed by atoms with Gasteiger partial charge < -0.3 is 14.9 Å². The lowest BCUT2D eigenvalue weighted by atomic mass is 9.61. The third-order valence-corrected chi connectivity index (χ3v) is 7.52. The van der Waals surface area contributed by atoms with E-state index < -0.39 is 12.2 Å². The minimum absolute atomic E-state index is 0.0142. The normalized spacial score (nSPS) is 25.6. The molecule has 2 aliphatic rings. The molecule has 0 radical (unpaired) electrons. The fraction of sp³-hybridized carbons (Fsp3) is 0.630. The number of esters is 1. The zero-order chi connectivity index (χ0) is 23.1. The lowest BCUT2D eigenvalue weighted by Gasteiger charge is -2.46. The molecule has 4 atom stereocenters. The summed E-state index contributed by atoms with van der Waals surface area (Å²) in [6, 6.07) is 7.92. The van der Waals surface area contributed by atoms with E-state index in [1.54, 1.807) is 0 Å². The molecule has 5 heteroatoms. The van der Waals surface area contributed by atoms with Gasteiger partial charge in [-0.3, -0.25) is 9.59 Å². The minimum Gasteiger partial charge on any atom is -0.469 e. The lowest BCUT2D eigenvalue weighted by molar-refractivity contribution is -0.140. The van der Waals surface area contributed by atoms with Crippen molar-refractivity contribution in [1.29, 1.82) is 0 Å². The minimum atomic E-state index is -0.672. The Labute approximate surface area is 191 Å². The predicted molar refractivity (Wildman–Crippen MR) is 124 cm³/mol. The van der Waals surface area contributed by atoms with Crippen molar-refractivity contribution < 1.29 is 24.5 Å². The molecule has 0 aromatic heterocycles. The zero-order valence-electron chi connectivity index (χ0n) is 19.5. The Bertz CT molecular complexity index is 793. The Morgan fingerprint density at radius 3 is 2.56 bits per heavy atom. The summed E-state index contributed by atoms with van der Waals surface area (Å²) in [6.45, 7) is 2.17. The highest BCUT2D eigenvalue weighted by molar-refractivity contribution is 5.85. The molecule has 176 valence electrons. The average molecular weight is 443 g/mol. The molecule has 2 aliphatic carbocycles. The molecule has 32 heavy (non-hydrogen) atoms. The van der Waals surface area contributed by atoms with Gasteiger partial charge in [-0.15, -0.1) is 0 Å². The van der Waals surface area contributed by atoms with Crippen LogP contribution in [0.2, 0.25) is 0 Å². The Morgan fingerprint density at radius 2 is 1.97 bits per heavy atom. The highest BCUT2D eigenvalue weighted by Gasteiger charge is 2.44. The van der Waals surface area contributed by atoms with Crippen LogP contribution in [-0.4, -0.2) is 35.2 Å². The Kier molecular flexibility index (Phi) is 8.66. The topological polar surface area (TPSA) is 83.8 Å². The second-order valence-electron chi connectivity index (χ2n) is 9.58. The van der Waals surface area contributed by atoms with E-state index in [1.165, 1.54) is 13.5 Å². The second-order valence-corrected chi connectivity index (χ2v) is 9.58. The number of unbranched alkanes of at least 4 members (excludes halogenated alkanes) is 1. The van der Waals surface area contributed by atoms with E-state index in [4.69, 9.17) is 0 Å². The van der Waals surface area contributed by atoms with Gasteiger partial charge >= 0.3 is 5.97 Å². The smallest absolute Gasteiger partial charge is 0.305 e. The van der Waals surface area contributed by atoms with Gasteiger partial charge in [0.15, 0.2) is 0 Å². The standard InChI is InChI=1S/C27H38O5/c1-3-15-27(16-8-17-27)26(31)20-13-11-19(12-14-20)25-21(22(28)18-23(25)29)9-6-4-5-7-10-24(30)32-2/h4,6,11-14,21,23,25-26,29,31H,3,5,7-10,15-18H2,1-2H3/b6-4+. The zero-order valence-corrected chi connectivity index (χ0v) is 19.5. The van der Waals surface area contributed by atoms with E-state index in [0.717, 1.165) is 49.7 Å². The van der Waals surface area contributed by atoms with Crippen molar-refractivity contribution >= 4 is 11.8 Å². The van der Waals surface area contributed by atoms with Crippen molar-refractivity contribution in [1.82, 2.24) is 0 Å². The number of aliphatic hydroxyl groups is 2. The number of ketones is 1. The summed E-state index contributed by atoms with van der Waals surface area (Å²) in [6.07, 6.45) is 11.0. The van der Waals surface area contributed by atoms with Crippen molar-refractivity contribution in [3.63, 3.8) is 0 Å². The summed E-state index contributed by atoms with van der Waals surface area (Å²) >= 11 is 0. The molecule has 1 aromatic rings. The summed E-state index contributed by atoms with van der Waals surface area (Å²) in [5.41, 5.74) is 1.91. The maximum absolute atomic E-state index is 12.5. The number of carbonyl (C=O) groups excluding carboxylic acids is 2. The number of carbonyl (C=O) groups is 2. The number of allylic oxidation sites excluding steroid dienone is 2. The van der Waals surface area contributed by atoms with Gasteiger partial charge in [0.1, 0.15) is 5.78 Å². The van der Waals surface area contributed by atoms with Crippen molar-refractivity contribution in [3.05, 3.63) is 47.5 Å². The van der Waals surface area contributed by atoms with Crippen LogP contribution in [0.4, 0.5) is 0 Å². The van der Waals surface area contributed by atoms with Crippen molar-refractivity contribution in [2.75, 3.05) is 7.11 Å². The first-order valence-corrected chi connectivity index (χ1v) is 12.1. The molecule has 0 amide bonds. The summed E-state index contributed by atoms with van der Waals surface area (Å²) in [5.74, 6) is -0.571. The predicted octanol–water partition coefficient (Wildman–Crippen LogP) is 5.01. The molecule has 0 bridgehead atoms. The van der Waals surface area contributed by atoms with Crippen LogP contribution in [0.3, 0.4) is 0 Å². The van der Waals surface area contributed by atoms with Crippen LogP contribution in [-0.2, 0) is 14.3 Å². The van der Waals surface area contributed by atoms with Crippen LogP contribution < -0.4 is 0 Å². The van der Waals surface area contributed by atoms with Gasteiger partial charge in [-0.05, 0) is 49.7 Å². The van der Waals surface area contributed by atoms with Gasteiger partial charge in [0.25, 0.3) is 0 Å². The van der Waals surface area contributed by atoms with E-state index in [0.29, 0.717) is 12.8 Å². The second kappa shape index (κ2) is 11.2. The number of ether oxygens (including phenoxy) is 1. The number of methoxy groups -OCH3 is 1. The molecule has 4 unspecified atom stereocenters. The van der Waals surface area contributed by atoms with Gasteiger partial charge in [0.2, 0.25) is 0 Å². The first-order valence-electron chi connectivity index (χ1n) is 12.1. The molecule has 0 spiro atoms. The van der Waals surface area contributed by atoms with E-state index in [1.807, 2.05) is 36.4 Å². The molecule has 0 heterocycles. The largest absolute Gasteiger partial charge is 0.469 e. The number of hydrogen-bond acceptors (Lipinski definition) is 5. The summed E-state index contributed by atoms with van der Waals surface area (Å²) in [5, 5.41) is 21.6. The molecule has 5 nitrogen and oxygen atoms in total. The van der Waals surface area contributed by atoms with Gasteiger partial charge in [-0.25, -0.2) is 0 Å². The first kappa shape index (κ1) is 24.7. The van der Waals surface area contributed by atoms with Crippen LogP contribution in [0.5, 0.6) is 0 Å². The number of benzene rings is 1. The van der Waals surface area contributed by atoms with E-state index in [2.05, 4.69) is 11.7 Å². The summed E-state index contributed by atoms with van der Waals surface area (Å²) in [7, 11) is 1.39. The van der Waals surface area contributed by atoms with Crippen LogP contribution in [0, 0.1) is 11.3 Å². The average Bonchev–Trinajstić information content (AvgIpc) is 3.05. The summed E-state index contributed by atoms with van der Waals surface area (Å²) < 4.78 is 4.64. The Hall–Kier alpha value is -1.98. The number of hydrogen-bond donors (Lipinski definition) is 2. The molecule has 1 aromatic carbocycles. The van der Waals surface area contributed by atoms with Crippen molar-refractivity contribution in [3.8, 4) is 0 Å². The van der Waals surface area contributed by atoms with Gasteiger partial charge in [0, 0.05) is 30.1 Å². The fourth-order valence-corrected chi connectivity index (χ4v) is 5.56. The molecule has 2 N–H and O–H groups in total. The quantitative estimate of drug-likeness (QED) is 0.286. The van der Waals surface area contributed by atoms with Gasteiger partial charge in [-0.1, -0.05) is 56.2 Å². The van der Waals surface area contributed by atoms with Crippen LogP contribution >= 0.6 is 0 Å². The maximum atomic E-state index is 12.5.